The summed E-state index contributed by atoms with van der Waals surface area (Å²) in [6.07, 6.45) is -4.33. The van der Waals surface area contributed by atoms with Crippen molar-refractivity contribution < 1.29 is 41.0 Å². The van der Waals surface area contributed by atoms with E-state index in [1.165, 1.54) is 54.3 Å². The third kappa shape index (κ3) is 6.14. The van der Waals surface area contributed by atoms with Crippen molar-refractivity contribution in [2.24, 2.45) is 11.7 Å². The van der Waals surface area contributed by atoms with Gasteiger partial charge in [0, 0.05) is 17.1 Å². The fourth-order valence-electron chi connectivity index (χ4n) is 5.26. The Labute approximate surface area is 256 Å². The summed E-state index contributed by atoms with van der Waals surface area (Å²) in [5, 5.41) is 4.80. The van der Waals surface area contributed by atoms with E-state index in [4.69, 9.17) is 22.1 Å². The van der Waals surface area contributed by atoms with Gasteiger partial charge in [0.2, 0.25) is 0 Å². The minimum absolute atomic E-state index is 0.0178. The summed E-state index contributed by atoms with van der Waals surface area (Å²) < 4.78 is 78.3. The molecule has 10 nitrogen and oxygen atoms in total. The lowest BCUT2D eigenvalue weighted by atomic mass is 9.93. The molecule has 4 aromatic rings. The van der Waals surface area contributed by atoms with E-state index < -0.39 is 36.9 Å². The molecule has 236 valence electrons. The fourth-order valence-corrected chi connectivity index (χ4v) is 5.38. The molecule has 1 fully saturated rings. The van der Waals surface area contributed by atoms with Crippen LogP contribution < -0.4 is 15.4 Å². The summed E-state index contributed by atoms with van der Waals surface area (Å²) in [7, 11) is 0. The zero-order valence-electron chi connectivity index (χ0n) is 23.4. The number of primary amides is 1. The first kappa shape index (κ1) is 30.6. The van der Waals surface area contributed by atoms with Crippen molar-refractivity contribution in [3.63, 3.8) is 0 Å². The van der Waals surface area contributed by atoms with Crippen molar-refractivity contribution in [2.75, 3.05) is 11.5 Å². The van der Waals surface area contributed by atoms with Crippen molar-refractivity contribution in [1.82, 2.24) is 19.7 Å². The molecule has 1 unspecified atom stereocenters. The molecule has 0 saturated heterocycles. The molecule has 2 aliphatic rings. The Morgan fingerprint density at radius 3 is 2.62 bits per heavy atom. The monoisotopic (exact) mass is 650 g/mol. The fraction of sp³-hybridized carbons (Fsp3) is 0.345. The number of halogens is 6. The average Bonchev–Trinajstić information content (AvgIpc) is 3.69. The minimum atomic E-state index is -4.86. The normalized spacial score (nSPS) is 16.9. The van der Waals surface area contributed by atoms with Crippen LogP contribution in [-0.2, 0) is 22.5 Å². The van der Waals surface area contributed by atoms with Gasteiger partial charge in [-0.15, -0.1) is 13.2 Å². The van der Waals surface area contributed by atoms with Crippen molar-refractivity contribution in [1.29, 1.82) is 0 Å². The zero-order chi connectivity index (χ0) is 32.3. The Morgan fingerprint density at radius 2 is 1.98 bits per heavy atom. The lowest BCUT2D eigenvalue weighted by Gasteiger charge is -2.33. The molecule has 0 bridgehead atoms. The van der Waals surface area contributed by atoms with Crippen LogP contribution >= 0.6 is 11.6 Å². The van der Waals surface area contributed by atoms with Gasteiger partial charge in [0.05, 0.1) is 53.1 Å². The maximum Gasteiger partial charge on any atom is 0.522 e. The van der Waals surface area contributed by atoms with E-state index in [2.05, 4.69) is 19.8 Å². The highest BCUT2D eigenvalue weighted by molar-refractivity contribution is 6.30. The van der Waals surface area contributed by atoms with Crippen molar-refractivity contribution in [3.05, 3.63) is 64.7 Å². The Morgan fingerprint density at radius 1 is 1.22 bits per heavy atom. The maximum atomic E-state index is 14.9. The first-order chi connectivity index (χ1) is 21.2. The second-order valence-corrected chi connectivity index (χ2v) is 11.3. The van der Waals surface area contributed by atoms with Gasteiger partial charge in [0.15, 0.2) is 11.4 Å². The first-order valence-electron chi connectivity index (χ1n) is 13.8. The summed E-state index contributed by atoms with van der Waals surface area (Å²) in [6, 6.07) is 6.19. The highest BCUT2D eigenvalue weighted by Gasteiger charge is 2.50. The highest BCUT2D eigenvalue weighted by atomic mass is 35.5. The largest absolute Gasteiger partial charge is 0.522 e. The van der Waals surface area contributed by atoms with E-state index in [1.54, 1.807) is 0 Å². The molecular formula is C29H24ClF5N6O4. The molecular weight excluding hydrogens is 627 g/mol. The van der Waals surface area contributed by atoms with Gasteiger partial charge >= 0.3 is 18.4 Å². The van der Waals surface area contributed by atoms with Crippen LogP contribution in [0.25, 0.3) is 22.2 Å². The summed E-state index contributed by atoms with van der Waals surface area (Å²) in [4.78, 5) is 35.2. The van der Waals surface area contributed by atoms with Crippen LogP contribution in [0, 0.1) is 5.92 Å². The molecule has 1 saturated carbocycles. The lowest BCUT2D eigenvalue weighted by Crippen LogP contribution is -2.50. The molecule has 1 aromatic carbocycles. The summed E-state index contributed by atoms with van der Waals surface area (Å²) in [6.45, 7) is 0.377. The molecule has 1 aliphatic heterocycles. The second kappa shape index (κ2) is 11.2. The van der Waals surface area contributed by atoms with Gasteiger partial charge in [-0.05, 0) is 61.9 Å². The Hall–Kier alpha value is -4.37. The van der Waals surface area contributed by atoms with Crippen LogP contribution in [0.15, 0.2) is 42.7 Å². The second-order valence-electron chi connectivity index (χ2n) is 10.9. The highest BCUT2D eigenvalue weighted by Crippen LogP contribution is 2.45. The molecule has 1 atom stereocenters. The van der Waals surface area contributed by atoms with Crippen LogP contribution in [0.5, 0.6) is 5.75 Å². The number of fused-ring (bicyclic) bond motifs is 2. The molecule has 1 aliphatic carbocycles. The Kier molecular flexibility index (Phi) is 7.64. The van der Waals surface area contributed by atoms with E-state index in [0.29, 0.717) is 17.1 Å². The number of hydrogen-bond donors (Lipinski definition) is 1. The number of carbonyl (C=O) groups is 2. The number of alkyl halides is 5. The molecule has 2 N–H and O–H groups in total. The maximum absolute atomic E-state index is 14.9. The Bertz CT molecular complexity index is 1810. The van der Waals surface area contributed by atoms with Crippen molar-refractivity contribution in [2.45, 2.75) is 51.2 Å². The number of carbonyl (C=O) groups excluding carboxylic acids is 2. The van der Waals surface area contributed by atoms with Gasteiger partial charge in [-0.3, -0.25) is 24.2 Å². The predicted molar refractivity (Wildman–Crippen MR) is 151 cm³/mol. The molecule has 0 radical (unpaired) electrons. The van der Waals surface area contributed by atoms with Crippen LogP contribution in [0.2, 0.25) is 5.02 Å². The van der Waals surface area contributed by atoms with E-state index >= 15 is 0 Å². The molecule has 45 heavy (non-hydrogen) atoms. The average molecular weight is 651 g/mol. The van der Waals surface area contributed by atoms with E-state index in [1.807, 2.05) is 0 Å². The number of rotatable bonds is 9. The molecule has 6 rings (SSSR count). The van der Waals surface area contributed by atoms with E-state index in [9.17, 15) is 31.5 Å². The summed E-state index contributed by atoms with van der Waals surface area (Å²) in [5.74, 6) is -2.60. The number of hydrogen-bond acceptors (Lipinski definition) is 7. The third-order valence-corrected chi connectivity index (χ3v) is 7.75. The van der Waals surface area contributed by atoms with Gasteiger partial charge in [-0.25, -0.2) is 9.67 Å². The number of anilines is 1. The number of ether oxygens (including phenoxy) is 2. The van der Waals surface area contributed by atoms with Gasteiger partial charge in [0.25, 0.3) is 5.91 Å². The molecule has 16 heteroatoms. The lowest BCUT2D eigenvalue weighted by molar-refractivity contribution is -0.327. The smallest absolute Gasteiger partial charge is 0.423 e. The molecule has 3 aromatic heterocycles. The van der Waals surface area contributed by atoms with E-state index in [0.717, 1.165) is 17.7 Å². The quantitative estimate of drug-likeness (QED) is 0.227. The number of pyridine rings is 2. The molecule has 2 amide bonds. The number of benzene rings is 1. The predicted octanol–water partition coefficient (Wildman–Crippen LogP) is 5.81. The molecule has 0 spiro atoms. The summed E-state index contributed by atoms with van der Waals surface area (Å²) >= 11 is 5.88. The number of nitrogens with two attached hydrogens (primary N) is 1. The first-order valence-corrected chi connectivity index (χ1v) is 14.1. The van der Waals surface area contributed by atoms with Crippen LogP contribution in [0.3, 0.4) is 0 Å². The van der Waals surface area contributed by atoms with Crippen molar-refractivity contribution in [3.8, 4) is 16.9 Å². The van der Waals surface area contributed by atoms with Gasteiger partial charge in [-0.1, -0.05) is 17.7 Å². The van der Waals surface area contributed by atoms with Crippen molar-refractivity contribution >= 4 is 40.1 Å². The number of nitrogens with zero attached hydrogens (tertiary/aromatic N) is 5. The number of amides is 2. The topological polar surface area (TPSA) is 125 Å². The van der Waals surface area contributed by atoms with Gasteiger partial charge in [0.1, 0.15) is 0 Å². The van der Waals surface area contributed by atoms with Crippen LogP contribution in [-0.4, -0.2) is 50.6 Å². The third-order valence-electron chi connectivity index (χ3n) is 7.53. The van der Waals surface area contributed by atoms with Crippen LogP contribution in [0.4, 0.5) is 27.6 Å². The van der Waals surface area contributed by atoms with Gasteiger partial charge in [-0.2, -0.15) is 13.9 Å². The zero-order valence-corrected chi connectivity index (χ0v) is 24.2. The summed E-state index contributed by atoms with van der Waals surface area (Å²) in [5.41, 5.74) is 7.02. The van der Waals surface area contributed by atoms with E-state index in [-0.39, 0.29) is 57.3 Å². The number of aromatic nitrogens is 4. The van der Waals surface area contributed by atoms with Gasteiger partial charge < -0.3 is 10.5 Å². The standard InChI is InChI=1S/C29H24ClF5N6O4/c1-14(13-44-29(33,34)35)41-26-19(11-38-41)23(24(25(36)42)20(39-26)8-15-2-3-15)16-4-7-21-22(9-16)45-28(31,32)27(43)40(21)12-18-6-5-17(30)10-37-18/h4-7,9-11,14-15H,2-3,8,12-13H2,1H3,(H2,36,42). The van der Waals surface area contributed by atoms with Crippen LogP contribution in [0.1, 0.15) is 47.6 Å². The SMILES string of the molecule is CC(COC(F)(F)F)n1ncc2c(-c3ccc4c(c3)OC(F)(F)C(=O)N4Cc3ccc(Cl)cn3)c(C(N)=O)c(CC3CC3)nc21. The molecule has 4 heterocycles. The Balaban J connectivity index is 1.49. The minimum Gasteiger partial charge on any atom is -0.423 e.